The molecule has 1 amide bonds. The number of hydrogen-bond donors (Lipinski definition) is 0. The molecular weight excluding hydrogens is 432 g/mol. The van der Waals surface area contributed by atoms with Gasteiger partial charge in [0.15, 0.2) is 0 Å². The predicted octanol–water partition coefficient (Wildman–Crippen LogP) is 1.58. The number of hydrogen-bond acceptors (Lipinski definition) is 7. The molecule has 0 N–H and O–H groups in total. The lowest BCUT2D eigenvalue weighted by Crippen LogP contribution is -2.50. The Morgan fingerprint density at radius 1 is 1.03 bits per heavy atom. The number of carbonyl (C=O) groups is 1. The number of carbonyl (C=O) groups excluding carboxylic acids is 1. The second-order valence-electron chi connectivity index (χ2n) is 6.56. The standard InChI is InChI=1S/C18H18N4O4S3/c1-28(24)14-7-5-13(6-8-14)18(23)21-9-11-22(12-10-21)29(25,26)16-4-2-3-15-17(16)20-27-19-15/h2-8H,9-12H2,1H3. The van der Waals surface area contributed by atoms with E-state index in [-0.39, 0.29) is 23.9 Å². The molecule has 2 aromatic carbocycles. The van der Waals surface area contributed by atoms with Crippen molar-refractivity contribution in [2.45, 2.75) is 9.79 Å². The maximum atomic E-state index is 13.1. The van der Waals surface area contributed by atoms with Crippen molar-refractivity contribution in [3.8, 4) is 0 Å². The molecule has 1 saturated heterocycles. The van der Waals surface area contributed by atoms with E-state index in [0.717, 1.165) is 11.7 Å². The summed E-state index contributed by atoms with van der Waals surface area (Å²) in [6.07, 6.45) is 1.58. The molecule has 1 aromatic heterocycles. The van der Waals surface area contributed by atoms with Gasteiger partial charge in [0.2, 0.25) is 10.0 Å². The minimum absolute atomic E-state index is 0.145. The molecule has 0 spiro atoms. The third kappa shape index (κ3) is 3.82. The van der Waals surface area contributed by atoms with Crippen molar-refractivity contribution in [1.82, 2.24) is 18.0 Å². The van der Waals surface area contributed by atoms with E-state index in [9.17, 15) is 17.4 Å². The van der Waals surface area contributed by atoms with E-state index in [1.807, 2.05) is 0 Å². The minimum Gasteiger partial charge on any atom is -0.336 e. The second kappa shape index (κ2) is 7.90. The Morgan fingerprint density at radius 3 is 2.38 bits per heavy atom. The largest absolute Gasteiger partial charge is 0.336 e. The van der Waals surface area contributed by atoms with Crippen molar-refractivity contribution in [3.63, 3.8) is 0 Å². The highest BCUT2D eigenvalue weighted by molar-refractivity contribution is 7.89. The third-order valence-electron chi connectivity index (χ3n) is 4.83. The van der Waals surface area contributed by atoms with Gasteiger partial charge < -0.3 is 4.90 Å². The molecule has 152 valence electrons. The quantitative estimate of drug-likeness (QED) is 0.598. The smallest absolute Gasteiger partial charge is 0.253 e. The van der Waals surface area contributed by atoms with Crippen LogP contribution in [0, 0.1) is 0 Å². The van der Waals surface area contributed by atoms with Gasteiger partial charge in [0.1, 0.15) is 15.9 Å². The molecule has 1 fully saturated rings. The van der Waals surface area contributed by atoms with Gasteiger partial charge in [-0.2, -0.15) is 13.1 Å². The van der Waals surface area contributed by atoms with Crippen molar-refractivity contribution in [2.24, 2.45) is 0 Å². The van der Waals surface area contributed by atoms with Crippen molar-refractivity contribution < 1.29 is 17.4 Å². The van der Waals surface area contributed by atoms with Crippen LogP contribution in [0.5, 0.6) is 0 Å². The van der Waals surface area contributed by atoms with Crippen molar-refractivity contribution in [2.75, 3.05) is 32.4 Å². The van der Waals surface area contributed by atoms with Gasteiger partial charge in [-0.25, -0.2) is 8.42 Å². The SMILES string of the molecule is CS(=O)c1ccc(C(=O)N2CCN(S(=O)(=O)c3cccc4nsnc34)CC2)cc1. The Kier molecular flexibility index (Phi) is 5.47. The molecule has 1 atom stereocenters. The van der Waals surface area contributed by atoms with E-state index < -0.39 is 20.8 Å². The van der Waals surface area contributed by atoms with Gasteiger partial charge in [-0.3, -0.25) is 9.00 Å². The molecule has 3 aromatic rings. The molecule has 1 aliphatic rings. The molecule has 0 aliphatic carbocycles. The number of sulfonamides is 1. The van der Waals surface area contributed by atoms with E-state index in [1.54, 1.807) is 47.6 Å². The van der Waals surface area contributed by atoms with Gasteiger partial charge in [-0.15, -0.1) is 0 Å². The van der Waals surface area contributed by atoms with Crippen LogP contribution in [0.1, 0.15) is 10.4 Å². The van der Waals surface area contributed by atoms with Crippen LogP contribution in [-0.2, 0) is 20.8 Å². The molecular formula is C18H18N4O4S3. The van der Waals surface area contributed by atoms with Gasteiger partial charge >= 0.3 is 0 Å². The normalized spacial score (nSPS) is 16.8. The number of amides is 1. The second-order valence-corrected chi connectivity index (χ2v) is 10.4. The minimum atomic E-state index is -3.72. The predicted molar refractivity (Wildman–Crippen MR) is 111 cm³/mol. The fourth-order valence-electron chi connectivity index (χ4n) is 3.23. The van der Waals surface area contributed by atoms with Crippen LogP contribution < -0.4 is 0 Å². The summed E-state index contributed by atoms with van der Waals surface area (Å²) < 4.78 is 47.2. The molecule has 0 saturated carbocycles. The van der Waals surface area contributed by atoms with E-state index >= 15 is 0 Å². The molecule has 11 heteroatoms. The highest BCUT2D eigenvalue weighted by atomic mass is 32.2. The Morgan fingerprint density at radius 2 is 1.72 bits per heavy atom. The molecule has 4 rings (SSSR count). The first kappa shape index (κ1) is 20.1. The molecule has 0 bridgehead atoms. The van der Waals surface area contributed by atoms with Crippen LogP contribution in [0.25, 0.3) is 11.0 Å². The Balaban J connectivity index is 1.48. The first-order valence-corrected chi connectivity index (χ1v) is 12.5. The molecule has 8 nitrogen and oxygen atoms in total. The summed E-state index contributed by atoms with van der Waals surface area (Å²) in [5, 5.41) is 0. The summed E-state index contributed by atoms with van der Waals surface area (Å²) in [6.45, 7) is 1.01. The maximum absolute atomic E-state index is 13.1. The maximum Gasteiger partial charge on any atom is 0.253 e. The van der Waals surface area contributed by atoms with E-state index in [0.29, 0.717) is 34.6 Å². The number of benzene rings is 2. The van der Waals surface area contributed by atoms with Crippen molar-refractivity contribution in [1.29, 1.82) is 0 Å². The number of rotatable bonds is 4. The number of piperazine rings is 1. The topological polar surface area (TPSA) is 101 Å². The lowest BCUT2D eigenvalue weighted by Gasteiger charge is -2.34. The van der Waals surface area contributed by atoms with Gasteiger partial charge in [0.25, 0.3) is 5.91 Å². The molecule has 0 radical (unpaired) electrons. The van der Waals surface area contributed by atoms with Crippen LogP contribution in [-0.4, -0.2) is 68.9 Å². The fourth-order valence-corrected chi connectivity index (χ4v) is 5.93. The average Bonchev–Trinajstić information content (AvgIpc) is 3.22. The Labute approximate surface area is 175 Å². The highest BCUT2D eigenvalue weighted by Gasteiger charge is 2.32. The zero-order valence-electron chi connectivity index (χ0n) is 15.5. The number of fused-ring (bicyclic) bond motifs is 1. The average molecular weight is 451 g/mol. The van der Waals surface area contributed by atoms with Crippen LogP contribution >= 0.6 is 11.7 Å². The van der Waals surface area contributed by atoms with Crippen LogP contribution in [0.15, 0.2) is 52.3 Å². The van der Waals surface area contributed by atoms with Gasteiger partial charge in [0, 0.05) is 53.7 Å². The Bertz CT molecular complexity index is 1180. The van der Waals surface area contributed by atoms with Gasteiger partial charge in [-0.1, -0.05) is 6.07 Å². The van der Waals surface area contributed by atoms with E-state index in [2.05, 4.69) is 8.75 Å². The first-order chi connectivity index (χ1) is 13.9. The zero-order valence-corrected chi connectivity index (χ0v) is 18.0. The molecule has 1 aliphatic heterocycles. The van der Waals surface area contributed by atoms with Gasteiger partial charge in [0.05, 0.1) is 11.7 Å². The van der Waals surface area contributed by atoms with Gasteiger partial charge in [-0.05, 0) is 36.4 Å². The highest BCUT2D eigenvalue weighted by Crippen LogP contribution is 2.25. The summed E-state index contributed by atoms with van der Waals surface area (Å²) in [6, 6.07) is 11.6. The molecule has 2 heterocycles. The monoisotopic (exact) mass is 450 g/mol. The van der Waals surface area contributed by atoms with Crippen molar-refractivity contribution >= 4 is 49.5 Å². The summed E-state index contributed by atoms with van der Waals surface area (Å²) in [5.41, 5.74) is 1.43. The first-order valence-electron chi connectivity index (χ1n) is 8.82. The summed E-state index contributed by atoms with van der Waals surface area (Å²) in [7, 11) is -4.82. The lowest BCUT2D eigenvalue weighted by molar-refractivity contribution is 0.0698. The lowest BCUT2D eigenvalue weighted by atomic mass is 10.2. The summed E-state index contributed by atoms with van der Waals surface area (Å²) in [4.78, 5) is 15.1. The van der Waals surface area contributed by atoms with E-state index in [1.165, 1.54) is 10.4 Å². The van der Waals surface area contributed by atoms with Crippen LogP contribution in [0.3, 0.4) is 0 Å². The fraction of sp³-hybridized carbons (Fsp3) is 0.278. The number of nitrogens with zero attached hydrogens (tertiary/aromatic N) is 4. The number of aromatic nitrogens is 2. The van der Waals surface area contributed by atoms with Crippen LogP contribution in [0.4, 0.5) is 0 Å². The van der Waals surface area contributed by atoms with E-state index in [4.69, 9.17) is 0 Å². The molecule has 1 unspecified atom stereocenters. The Hall–Kier alpha value is -2.21. The van der Waals surface area contributed by atoms with Crippen molar-refractivity contribution in [3.05, 3.63) is 48.0 Å². The van der Waals surface area contributed by atoms with Crippen LogP contribution in [0.2, 0.25) is 0 Å². The zero-order chi connectivity index (χ0) is 20.6. The summed E-state index contributed by atoms with van der Waals surface area (Å²) in [5.74, 6) is -0.165. The third-order valence-corrected chi connectivity index (χ3v) is 8.23. The summed E-state index contributed by atoms with van der Waals surface area (Å²) >= 11 is 0.979. The molecule has 29 heavy (non-hydrogen) atoms.